The maximum atomic E-state index is 11.9. The quantitative estimate of drug-likeness (QED) is 0.919. The predicted molar refractivity (Wildman–Crippen MR) is 81.2 cm³/mol. The molecule has 110 valence electrons. The Labute approximate surface area is 125 Å². The molecule has 1 fully saturated rings. The average Bonchev–Trinajstić information content (AvgIpc) is 2.70. The number of ether oxygens (including phenoxy) is 1. The SMILES string of the molecule is Cc1cc(OCC(=O)NC2CCC(C)(C)C2)ccc1Cl. The van der Waals surface area contributed by atoms with E-state index in [4.69, 9.17) is 16.3 Å². The summed E-state index contributed by atoms with van der Waals surface area (Å²) < 4.78 is 5.50. The molecule has 0 heterocycles. The van der Waals surface area contributed by atoms with E-state index < -0.39 is 0 Å². The first-order chi connectivity index (χ1) is 9.35. The molecule has 4 heteroatoms. The lowest BCUT2D eigenvalue weighted by molar-refractivity contribution is -0.123. The minimum atomic E-state index is -0.0553. The fourth-order valence-corrected chi connectivity index (χ4v) is 2.80. The molecule has 0 aliphatic heterocycles. The van der Waals surface area contributed by atoms with E-state index in [9.17, 15) is 4.79 Å². The average molecular weight is 296 g/mol. The normalized spacial score (nSPS) is 20.7. The van der Waals surface area contributed by atoms with Gasteiger partial charge in [-0.1, -0.05) is 25.4 Å². The number of amides is 1. The van der Waals surface area contributed by atoms with Crippen molar-refractivity contribution < 1.29 is 9.53 Å². The monoisotopic (exact) mass is 295 g/mol. The van der Waals surface area contributed by atoms with Crippen molar-refractivity contribution in [3.05, 3.63) is 28.8 Å². The first-order valence-corrected chi connectivity index (χ1v) is 7.42. The van der Waals surface area contributed by atoms with Gasteiger partial charge in [0.15, 0.2) is 6.61 Å². The van der Waals surface area contributed by atoms with Gasteiger partial charge in [0.2, 0.25) is 0 Å². The number of nitrogens with one attached hydrogen (secondary N) is 1. The van der Waals surface area contributed by atoms with Crippen molar-refractivity contribution >= 4 is 17.5 Å². The summed E-state index contributed by atoms with van der Waals surface area (Å²) in [7, 11) is 0. The second-order valence-corrected chi connectivity index (χ2v) is 6.78. The Bertz CT molecular complexity index is 499. The highest BCUT2D eigenvalue weighted by Gasteiger charge is 2.31. The van der Waals surface area contributed by atoms with Crippen LogP contribution in [0.1, 0.15) is 38.7 Å². The molecular formula is C16H22ClNO2. The van der Waals surface area contributed by atoms with Crippen LogP contribution < -0.4 is 10.1 Å². The van der Waals surface area contributed by atoms with Crippen LogP contribution in [0.2, 0.25) is 5.02 Å². The van der Waals surface area contributed by atoms with E-state index in [1.807, 2.05) is 13.0 Å². The molecule has 0 bridgehead atoms. The van der Waals surface area contributed by atoms with Crippen LogP contribution in [0.25, 0.3) is 0 Å². The predicted octanol–water partition coefficient (Wildman–Crippen LogP) is 3.72. The topological polar surface area (TPSA) is 38.3 Å². The lowest BCUT2D eigenvalue weighted by Crippen LogP contribution is -2.36. The van der Waals surface area contributed by atoms with E-state index in [2.05, 4.69) is 19.2 Å². The highest BCUT2D eigenvalue weighted by molar-refractivity contribution is 6.31. The number of halogens is 1. The van der Waals surface area contributed by atoms with E-state index in [0.29, 0.717) is 16.2 Å². The summed E-state index contributed by atoms with van der Waals surface area (Å²) in [6, 6.07) is 5.69. The number of rotatable bonds is 4. The van der Waals surface area contributed by atoms with Crippen LogP contribution in [0.15, 0.2) is 18.2 Å². The summed E-state index contributed by atoms with van der Waals surface area (Å²) in [6.45, 7) is 6.45. The van der Waals surface area contributed by atoms with Gasteiger partial charge >= 0.3 is 0 Å². The highest BCUT2D eigenvalue weighted by atomic mass is 35.5. The lowest BCUT2D eigenvalue weighted by Gasteiger charge is -2.18. The number of hydrogen-bond donors (Lipinski definition) is 1. The van der Waals surface area contributed by atoms with Gasteiger partial charge in [0.25, 0.3) is 5.91 Å². The van der Waals surface area contributed by atoms with Crippen LogP contribution in [-0.4, -0.2) is 18.6 Å². The Morgan fingerprint density at radius 2 is 2.25 bits per heavy atom. The summed E-state index contributed by atoms with van der Waals surface area (Å²) in [4.78, 5) is 11.9. The van der Waals surface area contributed by atoms with Gasteiger partial charge in [-0.2, -0.15) is 0 Å². The van der Waals surface area contributed by atoms with Gasteiger partial charge in [0, 0.05) is 11.1 Å². The first-order valence-electron chi connectivity index (χ1n) is 7.04. The van der Waals surface area contributed by atoms with Gasteiger partial charge in [-0.3, -0.25) is 4.79 Å². The summed E-state index contributed by atoms with van der Waals surface area (Å²) in [5.41, 5.74) is 1.29. The van der Waals surface area contributed by atoms with E-state index in [1.165, 1.54) is 0 Å². The fraction of sp³-hybridized carbons (Fsp3) is 0.562. The summed E-state index contributed by atoms with van der Waals surface area (Å²) >= 11 is 5.95. The zero-order chi connectivity index (χ0) is 14.8. The molecule has 1 saturated carbocycles. The summed E-state index contributed by atoms with van der Waals surface area (Å²) in [5.74, 6) is 0.620. The Morgan fingerprint density at radius 3 is 2.85 bits per heavy atom. The number of carbonyl (C=O) groups excluding carboxylic acids is 1. The Kier molecular flexibility index (Phi) is 4.59. The first kappa shape index (κ1) is 15.2. The van der Waals surface area contributed by atoms with Gasteiger partial charge in [-0.05, 0) is 55.4 Å². The van der Waals surface area contributed by atoms with Gasteiger partial charge in [-0.15, -0.1) is 0 Å². The zero-order valence-corrected chi connectivity index (χ0v) is 13.1. The molecule has 3 nitrogen and oxygen atoms in total. The van der Waals surface area contributed by atoms with Crippen LogP contribution in [0.5, 0.6) is 5.75 Å². The van der Waals surface area contributed by atoms with Crippen LogP contribution in [-0.2, 0) is 4.79 Å². The molecule has 1 unspecified atom stereocenters. The molecule has 2 rings (SSSR count). The molecule has 0 radical (unpaired) electrons. The Hall–Kier alpha value is -1.22. The molecule has 1 aromatic carbocycles. The smallest absolute Gasteiger partial charge is 0.258 e. The number of benzene rings is 1. The molecule has 0 saturated heterocycles. The number of carbonyl (C=O) groups is 1. The van der Waals surface area contributed by atoms with Crippen molar-refractivity contribution in [1.82, 2.24) is 5.32 Å². The molecular weight excluding hydrogens is 274 g/mol. The third-order valence-electron chi connectivity index (χ3n) is 3.83. The minimum absolute atomic E-state index is 0.0536. The van der Waals surface area contributed by atoms with Crippen LogP contribution >= 0.6 is 11.6 Å². The molecule has 1 amide bonds. The van der Waals surface area contributed by atoms with Crippen LogP contribution in [0.4, 0.5) is 0 Å². The van der Waals surface area contributed by atoms with E-state index in [0.717, 1.165) is 24.8 Å². The standard InChI is InChI=1S/C16H22ClNO2/c1-11-8-13(4-5-14(11)17)20-10-15(19)18-12-6-7-16(2,3)9-12/h4-5,8,12H,6-7,9-10H2,1-3H3,(H,18,19). The summed E-state index contributed by atoms with van der Waals surface area (Å²) in [5, 5.41) is 3.74. The second-order valence-electron chi connectivity index (χ2n) is 6.37. The minimum Gasteiger partial charge on any atom is -0.484 e. The lowest BCUT2D eigenvalue weighted by atomic mass is 9.92. The largest absolute Gasteiger partial charge is 0.484 e. The zero-order valence-electron chi connectivity index (χ0n) is 12.3. The molecule has 1 aliphatic rings. The third kappa shape index (κ3) is 4.14. The van der Waals surface area contributed by atoms with Gasteiger partial charge in [0.05, 0.1) is 0 Å². The Morgan fingerprint density at radius 1 is 1.50 bits per heavy atom. The van der Waals surface area contributed by atoms with Crippen molar-refractivity contribution in [3.63, 3.8) is 0 Å². The third-order valence-corrected chi connectivity index (χ3v) is 4.26. The van der Waals surface area contributed by atoms with Gasteiger partial charge < -0.3 is 10.1 Å². The van der Waals surface area contributed by atoms with Crippen LogP contribution in [0.3, 0.4) is 0 Å². The van der Waals surface area contributed by atoms with Crippen molar-refractivity contribution in [3.8, 4) is 5.75 Å². The maximum Gasteiger partial charge on any atom is 0.258 e. The van der Waals surface area contributed by atoms with Crippen molar-refractivity contribution in [1.29, 1.82) is 0 Å². The van der Waals surface area contributed by atoms with Crippen molar-refractivity contribution in [2.75, 3.05) is 6.61 Å². The second kappa shape index (κ2) is 6.04. The fourth-order valence-electron chi connectivity index (χ4n) is 2.68. The maximum absolute atomic E-state index is 11.9. The molecule has 1 aliphatic carbocycles. The molecule has 0 aromatic heterocycles. The van der Waals surface area contributed by atoms with E-state index >= 15 is 0 Å². The van der Waals surface area contributed by atoms with Crippen LogP contribution in [0, 0.1) is 12.3 Å². The molecule has 0 spiro atoms. The van der Waals surface area contributed by atoms with E-state index in [-0.39, 0.29) is 18.6 Å². The number of hydrogen-bond acceptors (Lipinski definition) is 2. The number of aryl methyl sites for hydroxylation is 1. The van der Waals surface area contributed by atoms with E-state index in [1.54, 1.807) is 12.1 Å². The Balaban J connectivity index is 1.79. The summed E-state index contributed by atoms with van der Waals surface area (Å²) in [6.07, 6.45) is 3.26. The molecule has 1 atom stereocenters. The molecule has 1 N–H and O–H groups in total. The van der Waals surface area contributed by atoms with Gasteiger partial charge in [-0.25, -0.2) is 0 Å². The molecule has 20 heavy (non-hydrogen) atoms. The van der Waals surface area contributed by atoms with Crippen molar-refractivity contribution in [2.45, 2.75) is 46.1 Å². The highest BCUT2D eigenvalue weighted by Crippen LogP contribution is 2.36. The van der Waals surface area contributed by atoms with Crippen molar-refractivity contribution in [2.24, 2.45) is 5.41 Å². The molecule has 1 aromatic rings. The van der Waals surface area contributed by atoms with Gasteiger partial charge in [0.1, 0.15) is 5.75 Å².